The molecule has 0 aliphatic carbocycles. The minimum absolute atomic E-state index is 0. The van der Waals surface area contributed by atoms with Crippen molar-refractivity contribution in [1.29, 1.82) is 0 Å². The number of rotatable bonds is 5. The SMILES string of the molecule is CN=C(NCCc1nc(C(F)(F)F)cs1)NCC1(C)CCCO1.I. The van der Waals surface area contributed by atoms with E-state index in [1.165, 1.54) is 0 Å². The van der Waals surface area contributed by atoms with Crippen molar-refractivity contribution in [2.24, 2.45) is 4.99 Å². The Morgan fingerprint density at radius 1 is 1.46 bits per heavy atom. The standard InChI is InChI=1S/C14H21F3N4OS.HI/c1-13(5-3-7-22-13)9-20-12(18-2)19-6-4-11-21-10(8-23-11)14(15,16)17;/h8H,3-7,9H2,1-2H3,(H2,18,19,20);1H. The van der Waals surface area contributed by atoms with E-state index in [0.29, 0.717) is 30.5 Å². The summed E-state index contributed by atoms with van der Waals surface area (Å²) >= 11 is 1.02. The third-order valence-electron chi connectivity index (χ3n) is 3.63. The van der Waals surface area contributed by atoms with Crippen molar-refractivity contribution >= 4 is 41.3 Å². The zero-order valence-electron chi connectivity index (χ0n) is 13.6. The van der Waals surface area contributed by atoms with Gasteiger partial charge in [-0.05, 0) is 19.8 Å². The molecular weight excluding hydrogens is 456 g/mol. The third-order valence-corrected chi connectivity index (χ3v) is 4.54. The molecule has 1 saturated heterocycles. The first-order valence-electron chi connectivity index (χ1n) is 7.42. The van der Waals surface area contributed by atoms with Crippen molar-refractivity contribution in [3.05, 3.63) is 16.1 Å². The highest BCUT2D eigenvalue weighted by molar-refractivity contribution is 14.0. The summed E-state index contributed by atoms with van der Waals surface area (Å²) in [5.41, 5.74) is -1.01. The number of guanidine groups is 1. The zero-order valence-corrected chi connectivity index (χ0v) is 16.7. The molecule has 0 bridgehead atoms. The second-order valence-electron chi connectivity index (χ2n) is 5.63. The van der Waals surface area contributed by atoms with Crippen LogP contribution < -0.4 is 10.6 Å². The van der Waals surface area contributed by atoms with Crippen LogP contribution in [-0.4, -0.2) is 43.3 Å². The average molecular weight is 478 g/mol. The topological polar surface area (TPSA) is 58.5 Å². The summed E-state index contributed by atoms with van der Waals surface area (Å²) in [5.74, 6) is 0.606. The molecule has 1 aromatic heterocycles. The van der Waals surface area contributed by atoms with Gasteiger partial charge in [0.1, 0.15) is 0 Å². The number of ether oxygens (including phenoxy) is 1. The highest BCUT2D eigenvalue weighted by Gasteiger charge is 2.33. The first-order valence-corrected chi connectivity index (χ1v) is 8.30. The van der Waals surface area contributed by atoms with Gasteiger partial charge >= 0.3 is 6.18 Å². The molecule has 2 N–H and O–H groups in total. The lowest BCUT2D eigenvalue weighted by molar-refractivity contribution is -0.140. The van der Waals surface area contributed by atoms with Crippen molar-refractivity contribution in [3.8, 4) is 0 Å². The van der Waals surface area contributed by atoms with E-state index in [4.69, 9.17) is 4.74 Å². The largest absolute Gasteiger partial charge is 0.434 e. The summed E-state index contributed by atoms with van der Waals surface area (Å²) in [6.07, 6.45) is -1.92. The van der Waals surface area contributed by atoms with Crippen LogP contribution in [0.3, 0.4) is 0 Å². The summed E-state index contributed by atoms with van der Waals surface area (Å²) in [6, 6.07) is 0. The van der Waals surface area contributed by atoms with Gasteiger partial charge in [-0.25, -0.2) is 4.98 Å². The van der Waals surface area contributed by atoms with Gasteiger partial charge in [-0.1, -0.05) is 0 Å². The monoisotopic (exact) mass is 478 g/mol. The van der Waals surface area contributed by atoms with Crippen molar-refractivity contribution < 1.29 is 17.9 Å². The maximum Gasteiger partial charge on any atom is 0.434 e. The number of hydrogen-bond donors (Lipinski definition) is 2. The summed E-state index contributed by atoms with van der Waals surface area (Å²) in [7, 11) is 1.65. The van der Waals surface area contributed by atoms with Crippen LogP contribution in [0.5, 0.6) is 0 Å². The molecule has 1 unspecified atom stereocenters. The van der Waals surface area contributed by atoms with Crippen LogP contribution in [0, 0.1) is 0 Å². The fraction of sp³-hybridized carbons (Fsp3) is 0.714. The molecule has 0 spiro atoms. The highest BCUT2D eigenvalue weighted by Crippen LogP contribution is 2.30. The summed E-state index contributed by atoms with van der Waals surface area (Å²) in [4.78, 5) is 7.70. The fourth-order valence-electron chi connectivity index (χ4n) is 2.31. The molecule has 2 heterocycles. The molecule has 24 heavy (non-hydrogen) atoms. The lowest BCUT2D eigenvalue weighted by Gasteiger charge is -2.24. The average Bonchev–Trinajstić information content (AvgIpc) is 3.12. The molecular formula is C14H22F3IN4OS. The fourth-order valence-corrected chi connectivity index (χ4v) is 3.12. The summed E-state index contributed by atoms with van der Waals surface area (Å²) < 4.78 is 43.1. The number of halogens is 4. The van der Waals surface area contributed by atoms with E-state index < -0.39 is 11.9 Å². The smallest absolute Gasteiger partial charge is 0.373 e. The van der Waals surface area contributed by atoms with Crippen LogP contribution in [0.2, 0.25) is 0 Å². The van der Waals surface area contributed by atoms with Crippen LogP contribution in [-0.2, 0) is 17.3 Å². The Kier molecular flexibility index (Phi) is 8.20. The molecule has 1 fully saturated rings. The Morgan fingerprint density at radius 2 is 2.21 bits per heavy atom. The number of hydrogen-bond acceptors (Lipinski definition) is 4. The van der Waals surface area contributed by atoms with Crippen molar-refractivity contribution in [3.63, 3.8) is 0 Å². The molecule has 138 valence electrons. The minimum Gasteiger partial charge on any atom is -0.373 e. The Labute approximate surface area is 160 Å². The number of aliphatic imine (C=N–C) groups is 1. The van der Waals surface area contributed by atoms with Crippen LogP contribution in [0.15, 0.2) is 10.4 Å². The second-order valence-corrected chi connectivity index (χ2v) is 6.57. The summed E-state index contributed by atoms with van der Waals surface area (Å²) in [5, 5.41) is 7.75. The van der Waals surface area contributed by atoms with Crippen molar-refractivity contribution in [2.75, 3.05) is 26.7 Å². The van der Waals surface area contributed by atoms with Gasteiger partial charge in [0, 0.05) is 38.5 Å². The van der Waals surface area contributed by atoms with Gasteiger partial charge in [0.2, 0.25) is 0 Å². The minimum atomic E-state index is -4.38. The molecule has 0 saturated carbocycles. The third kappa shape index (κ3) is 6.36. The van der Waals surface area contributed by atoms with E-state index in [9.17, 15) is 13.2 Å². The highest BCUT2D eigenvalue weighted by atomic mass is 127. The first kappa shape index (κ1) is 21.4. The first-order chi connectivity index (χ1) is 10.8. The van der Waals surface area contributed by atoms with Gasteiger partial charge in [-0.2, -0.15) is 13.2 Å². The van der Waals surface area contributed by atoms with E-state index in [2.05, 4.69) is 27.5 Å². The molecule has 1 aliphatic rings. The van der Waals surface area contributed by atoms with Crippen molar-refractivity contribution in [2.45, 2.75) is 38.0 Å². The second kappa shape index (κ2) is 9.18. The zero-order chi connectivity index (χ0) is 16.9. The van der Waals surface area contributed by atoms with Gasteiger partial charge < -0.3 is 15.4 Å². The van der Waals surface area contributed by atoms with Gasteiger partial charge in [0.25, 0.3) is 0 Å². The Hall–Kier alpha value is -0.620. The molecule has 1 aromatic rings. The predicted octanol–water partition coefficient (Wildman–Crippen LogP) is 3.06. The van der Waals surface area contributed by atoms with Crippen molar-refractivity contribution in [1.82, 2.24) is 15.6 Å². The van der Waals surface area contributed by atoms with E-state index in [1.54, 1.807) is 7.05 Å². The number of nitrogens with one attached hydrogen (secondary N) is 2. The number of nitrogens with zero attached hydrogens (tertiary/aromatic N) is 2. The maximum absolute atomic E-state index is 12.5. The Morgan fingerprint density at radius 3 is 2.75 bits per heavy atom. The van der Waals surface area contributed by atoms with Gasteiger partial charge in [-0.15, -0.1) is 35.3 Å². The van der Waals surface area contributed by atoms with E-state index >= 15 is 0 Å². The molecule has 0 radical (unpaired) electrons. The Balaban J connectivity index is 0.00000288. The van der Waals surface area contributed by atoms with Gasteiger partial charge in [0.05, 0.1) is 10.6 Å². The van der Waals surface area contributed by atoms with Gasteiger partial charge in [0.15, 0.2) is 11.7 Å². The number of alkyl halides is 3. The van der Waals surface area contributed by atoms with E-state index in [0.717, 1.165) is 36.2 Å². The molecule has 1 atom stereocenters. The quantitative estimate of drug-likeness (QED) is 0.388. The van der Waals surface area contributed by atoms with Crippen LogP contribution in [0.4, 0.5) is 13.2 Å². The molecule has 0 aromatic carbocycles. The molecule has 0 amide bonds. The van der Waals surface area contributed by atoms with Crippen LogP contribution >= 0.6 is 35.3 Å². The van der Waals surface area contributed by atoms with E-state index in [1.807, 2.05) is 0 Å². The number of aromatic nitrogens is 1. The van der Waals surface area contributed by atoms with Crippen LogP contribution in [0.25, 0.3) is 0 Å². The lowest BCUT2D eigenvalue weighted by Crippen LogP contribution is -2.45. The van der Waals surface area contributed by atoms with Crippen LogP contribution in [0.1, 0.15) is 30.5 Å². The molecule has 10 heteroatoms. The van der Waals surface area contributed by atoms with E-state index in [-0.39, 0.29) is 29.6 Å². The lowest BCUT2D eigenvalue weighted by atomic mass is 10.0. The summed E-state index contributed by atoms with van der Waals surface area (Å²) in [6.45, 7) is 3.93. The Bertz CT molecular complexity index is 544. The molecule has 1 aliphatic heterocycles. The molecule has 2 rings (SSSR count). The van der Waals surface area contributed by atoms with Gasteiger partial charge in [-0.3, -0.25) is 4.99 Å². The predicted molar refractivity (Wildman–Crippen MR) is 99.2 cm³/mol. The maximum atomic E-state index is 12.5. The molecule has 5 nitrogen and oxygen atoms in total. The number of thiazole rings is 1. The normalized spacial score (nSPS) is 21.5.